The molecule has 1 heterocycles. The van der Waals surface area contributed by atoms with Crippen molar-refractivity contribution in [2.24, 2.45) is 5.73 Å². The van der Waals surface area contributed by atoms with Gasteiger partial charge in [-0.15, -0.1) is 0 Å². The number of rotatable bonds is 6. The Balaban J connectivity index is 2.37. The zero-order chi connectivity index (χ0) is 13.8. The van der Waals surface area contributed by atoms with Crippen LogP contribution in [0.25, 0.3) is 11.0 Å². The van der Waals surface area contributed by atoms with Crippen LogP contribution in [0.3, 0.4) is 0 Å². The second-order valence-corrected chi connectivity index (χ2v) is 3.91. The lowest BCUT2D eigenvalue weighted by molar-refractivity contribution is 0.119. The molecule has 104 valence electrons. The quantitative estimate of drug-likeness (QED) is 0.877. The fraction of sp³-hybridized carbons (Fsp3) is 0.385. The Morgan fingerprint density at radius 1 is 1.26 bits per heavy atom. The Hall–Kier alpha value is -1.66. The van der Waals surface area contributed by atoms with Gasteiger partial charge in [0.2, 0.25) is 11.6 Å². The van der Waals surface area contributed by atoms with Crippen LogP contribution in [0.15, 0.2) is 16.5 Å². The Kier molecular flexibility index (Phi) is 4.34. The van der Waals surface area contributed by atoms with Crippen molar-refractivity contribution in [2.75, 3.05) is 19.8 Å². The van der Waals surface area contributed by atoms with Crippen molar-refractivity contribution in [2.45, 2.75) is 13.5 Å². The first-order valence-corrected chi connectivity index (χ1v) is 5.98. The number of nitrogens with two attached hydrogens (primary N) is 1. The van der Waals surface area contributed by atoms with Gasteiger partial charge in [0.15, 0.2) is 11.3 Å². The maximum atomic E-state index is 13.8. The van der Waals surface area contributed by atoms with Gasteiger partial charge in [-0.3, -0.25) is 0 Å². The second kappa shape index (κ2) is 5.99. The molecule has 0 unspecified atom stereocenters. The van der Waals surface area contributed by atoms with Crippen molar-refractivity contribution < 1.29 is 22.7 Å². The highest BCUT2D eigenvalue weighted by molar-refractivity contribution is 5.80. The average Bonchev–Trinajstić information content (AvgIpc) is 2.82. The van der Waals surface area contributed by atoms with E-state index in [2.05, 4.69) is 0 Å². The normalized spacial score (nSPS) is 11.2. The van der Waals surface area contributed by atoms with Gasteiger partial charge in [0.1, 0.15) is 19.0 Å². The Labute approximate surface area is 109 Å². The molecule has 4 nitrogen and oxygen atoms in total. The summed E-state index contributed by atoms with van der Waals surface area (Å²) in [7, 11) is 0. The fourth-order valence-corrected chi connectivity index (χ4v) is 1.70. The molecule has 2 N–H and O–H groups in total. The fourth-order valence-electron chi connectivity index (χ4n) is 1.70. The van der Waals surface area contributed by atoms with Crippen molar-refractivity contribution in [1.29, 1.82) is 0 Å². The van der Waals surface area contributed by atoms with Crippen LogP contribution in [-0.4, -0.2) is 19.8 Å². The summed E-state index contributed by atoms with van der Waals surface area (Å²) in [5.41, 5.74) is 5.13. The standard InChI is InChI=1S/C13H15F2NO3/c1-2-17-7-9-5-8-6-10(18-4-3-16)11(14)12(15)13(8)19-9/h5-6H,2-4,7,16H2,1H3. The molecule has 2 rings (SSSR count). The van der Waals surface area contributed by atoms with Gasteiger partial charge >= 0.3 is 0 Å². The van der Waals surface area contributed by atoms with E-state index in [4.69, 9.17) is 19.6 Å². The van der Waals surface area contributed by atoms with E-state index in [1.165, 1.54) is 6.07 Å². The molecule has 0 saturated heterocycles. The summed E-state index contributed by atoms with van der Waals surface area (Å²) < 4.78 is 42.9. The second-order valence-electron chi connectivity index (χ2n) is 3.91. The number of fused-ring (bicyclic) bond motifs is 1. The molecule has 0 fully saturated rings. The van der Waals surface area contributed by atoms with Gasteiger partial charge in [0.25, 0.3) is 0 Å². The van der Waals surface area contributed by atoms with Crippen molar-refractivity contribution in [3.05, 3.63) is 29.5 Å². The highest BCUT2D eigenvalue weighted by Gasteiger charge is 2.18. The van der Waals surface area contributed by atoms with E-state index in [1.54, 1.807) is 6.07 Å². The molecule has 0 bridgehead atoms. The minimum atomic E-state index is -1.07. The first kappa shape index (κ1) is 13.8. The maximum Gasteiger partial charge on any atom is 0.205 e. The molecular formula is C13H15F2NO3. The molecule has 1 aromatic heterocycles. The van der Waals surface area contributed by atoms with Gasteiger partial charge in [-0.25, -0.2) is 0 Å². The number of hydrogen-bond donors (Lipinski definition) is 1. The molecule has 0 spiro atoms. The zero-order valence-electron chi connectivity index (χ0n) is 10.5. The number of furan rings is 1. The number of benzene rings is 1. The number of halogens is 2. The molecule has 19 heavy (non-hydrogen) atoms. The summed E-state index contributed by atoms with van der Waals surface area (Å²) in [4.78, 5) is 0. The van der Waals surface area contributed by atoms with Crippen molar-refractivity contribution >= 4 is 11.0 Å². The summed E-state index contributed by atoms with van der Waals surface area (Å²) in [6.07, 6.45) is 0. The molecule has 0 atom stereocenters. The van der Waals surface area contributed by atoms with E-state index < -0.39 is 11.6 Å². The Morgan fingerprint density at radius 3 is 2.74 bits per heavy atom. The van der Waals surface area contributed by atoms with Gasteiger partial charge in [-0.2, -0.15) is 8.78 Å². The van der Waals surface area contributed by atoms with Crippen LogP contribution in [0.2, 0.25) is 0 Å². The smallest absolute Gasteiger partial charge is 0.205 e. The van der Waals surface area contributed by atoms with Gasteiger partial charge in [-0.05, 0) is 19.1 Å². The van der Waals surface area contributed by atoms with Crippen LogP contribution >= 0.6 is 0 Å². The first-order valence-electron chi connectivity index (χ1n) is 5.98. The number of hydrogen-bond acceptors (Lipinski definition) is 4. The van der Waals surface area contributed by atoms with E-state index in [1.807, 2.05) is 6.92 Å². The van der Waals surface area contributed by atoms with Gasteiger partial charge in [0, 0.05) is 18.5 Å². The molecule has 1 aromatic carbocycles. The van der Waals surface area contributed by atoms with Crippen molar-refractivity contribution in [3.63, 3.8) is 0 Å². The molecule has 6 heteroatoms. The van der Waals surface area contributed by atoms with Crippen molar-refractivity contribution in [1.82, 2.24) is 0 Å². The lowest BCUT2D eigenvalue weighted by Crippen LogP contribution is -2.11. The SMILES string of the molecule is CCOCc1cc2cc(OCCN)c(F)c(F)c2o1. The van der Waals surface area contributed by atoms with Crippen LogP contribution < -0.4 is 10.5 Å². The van der Waals surface area contributed by atoms with E-state index >= 15 is 0 Å². The third-order valence-corrected chi connectivity index (χ3v) is 2.53. The Bertz CT molecular complexity index is 569. The molecule has 0 radical (unpaired) electrons. The monoisotopic (exact) mass is 271 g/mol. The van der Waals surface area contributed by atoms with Crippen LogP contribution in [0.1, 0.15) is 12.7 Å². The van der Waals surface area contributed by atoms with Crippen LogP contribution in [0.5, 0.6) is 5.75 Å². The lowest BCUT2D eigenvalue weighted by Gasteiger charge is -2.06. The molecule has 0 aliphatic carbocycles. The Morgan fingerprint density at radius 2 is 2.05 bits per heavy atom. The summed E-state index contributed by atoms with van der Waals surface area (Å²) >= 11 is 0. The van der Waals surface area contributed by atoms with Crippen LogP contribution in [0.4, 0.5) is 8.78 Å². The van der Waals surface area contributed by atoms with Crippen LogP contribution in [-0.2, 0) is 11.3 Å². The van der Waals surface area contributed by atoms with Gasteiger partial charge < -0.3 is 19.6 Å². The van der Waals surface area contributed by atoms with E-state index in [0.29, 0.717) is 17.8 Å². The number of ether oxygens (including phenoxy) is 2. The minimum absolute atomic E-state index is 0.117. The molecule has 0 saturated carbocycles. The minimum Gasteiger partial charge on any atom is -0.489 e. The summed E-state index contributed by atoms with van der Waals surface area (Å²) in [5, 5.41) is 0.431. The zero-order valence-corrected chi connectivity index (χ0v) is 10.5. The molecule has 2 aromatic rings. The molecule has 0 aliphatic rings. The van der Waals surface area contributed by atoms with E-state index in [-0.39, 0.29) is 31.1 Å². The average molecular weight is 271 g/mol. The predicted molar refractivity (Wildman–Crippen MR) is 66.0 cm³/mol. The third kappa shape index (κ3) is 2.85. The van der Waals surface area contributed by atoms with Gasteiger partial charge in [0.05, 0.1) is 0 Å². The van der Waals surface area contributed by atoms with Gasteiger partial charge in [-0.1, -0.05) is 0 Å². The van der Waals surface area contributed by atoms with Crippen LogP contribution in [0, 0.1) is 11.6 Å². The predicted octanol–water partition coefficient (Wildman–Crippen LogP) is 2.58. The summed E-state index contributed by atoms with van der Waals surface area (Å²) in [6, 6.07) is 2.99. The summed E-state index contributed by atoms with van der Waals surface area (Å²) in [6.45, 7) is 2.90. The summed E-state index contributed by atoms with van der Waals surface area (Å²) in [5.74, 6) is -1.86. The van der Waals surface area contributed by atoms with E-state index in [0.717, 1.165) is 0 Å². The van der Waals surface area contributed by atoms with Crippen molar-refractivity contribution in [3.8, 4) is 5.75 Å². The third-order valence-electron chi connectivity index (χ3n) is 2.53. The first-order chi connectivity index (χ1) is 9.17. The molecule has 0 amide bonds. The highest BCUT2D eigenvalue weighted by Crippen LogP contribution is 2.31. The highest BCUT2D eigenvalue weighted by atomic mass is 19.2. The maximum absolute atomic E-state index is 13.8. The molecule has 0 aliphatic heterocycles. The lowest BCUT2D eigenvalue weighted by atomic mass is 10.2. The molecular weight excluding hydrogens is 256 g/mol. The largest absolute Gasteiger partial charge is 0.489 e. The van der Waals surface area contributed by atoms with E-state index in [9.17, 15) is 8.78 Å². The topological polar surface area (TPSA) is 57.6 Å².